The number of para-hydroxylation sites is 2. The maximum atomic E-state index is 12.4. The highest BCUT2D eigenvalue weighted by Gasteiger charge is 2.36. The molecule has 1 amide bonds. The second-order valence-corrected chi connectivity index (χ2v) is 5.78. The van der Waals surface area contributed by atoms with Gasteiger partial charge < -0.3 is 19.9 Å². The van der Waals surface area contributed by atoms with Gasteiger partial charge in [0.15, 0.2) is 11.5 Å². The van der Waals surface area contributed by atoms with E-state index in [9.17, 15) is 9.90 Å². The molecule has 5 heteroatoms. The van der Waals surface area contributed by atoms with Gasteiger partial charge in [0, 0.05) is 0 Å². The number of rotatable bonds is 2. The molecular weight excluding hydrogens is 270 g/mol. The standard InChI is InChI=1S/C16H21NO4/c1-10-15(21-14-9-5-4-8-13(14)20-10)16(19)17-11-6-2-3-7-12(11)18/h4-5,8-12,15,18H,2-3,6-7H2,1H3,(H,17,19)/t10?,11-,12-,15?/m0/s1. The SMILES string of the molecule is CC1Oc2ccccc2OC1C(=O)N[C@H]1CCCC[C@@H]1O. The molecule has 5 nitrogen and oxygen atoms in total. The first kappa shape index (κ1) is 14.2. The summed E-state index contributed by atoms with van der Waals surface area (Å²) in [6.07, 6.45) is 2.09. The van der Waals surface area contributed by atoms with Crippen LogP contribution in [0.25, 0.3) is 0 Å². The number of carbonyl (C=O) groups is 1. The van der Waals surface area contributed by atoms with Crippen LogP contribution in [0.2, 0.25) is 0 Å². The van der Waals surface area contributed by atoms with E-state index in [4.69, 9.17) is 9.47 Å². The third kappa shape index (κ3) is 2.97. The summed E-state index contributed by atoms with van der Waals surface area (Å²) in [4.78, 5) is 12.4. The van der Waals surface area contributed by atoms with Crippen molar-refractivity contribution < 1.29 is 19.4 Å². The molecule has 0 radical (unpaired) electrons. The number of hydrogen-bond donors (Lipinski definition) is 2. The van der Waals surface area contributed by atoms with Crippen LogP contribution < -0.4 is 14.8 Å². The minimum absolute atomic E-state index is 0.181. The molecule has 0 bridgehead atoms. The van der Waals surface area contributed by atoms with Gasteiger partial charge in [-0.3, -0.25) is 4.79 Å². The first-order valence-electron chi connectivity index (χ1n) is 7.56. The van der Waals surface area contributed by atoms with Gasteiger partial charge in [0.1, 0.15) is 6.10 Å². The summed E-state index contributed by atoms with van der Waals surface area (Å²) in [7, 11) is 0. The van der Waals surface area contributed by atoms with Crippen molar-refractivity contribution in [1.29, 1.82) is 0 Å². The zero-order valence-electron chi connectivity index (χ0n) is 12.1. The second kappa shape index (κ2) is 5.93. The Kier molecular flexibility index (Phi) is 4.01. The molecule has 1 heterocycles. The van der Waals surface area contributed by atoms with Crippen LogP contribution in [-0.4, -0.2) is 35.4 Å². The zero-order chi connectivity index (χ0) is 14.8. The number of benzene rings is 1. The summed E-state index contributed by atoms with van der Waals surface area (Å²) >= 11 is 0. The Hall–Kier alpha value is -1.75. The van der Waals surface area contributed by atoms with Crippen LogP contribution in [0.1, 0.15) is 32.6 Å². The Morgan fingerprint density at radius 2 is 1.86 bits per heavy atom. The van der Waals surface area contributed by atoms with Gasteiger partial charge in [-0.2, -0.15) is 0 Å². The number of amides is 1. The molecule has 1 aliphatic carbocycles. The summed E-state index contributed by atoms with van der Waals surface area (Å²) < 4.78 is 11.5. The molecule has 2 aliphatic rings. The van der Waals surface area contributed by atoms with Crippen molar-refractivity contribution in [3.8, 4) is 11.5 Å². The van der Waals surface area contributed by atoms with Gasteiger partial charge >= 0.3 is 0 Å². The smallest absolute Gasteiger partial charge is 0.265 e. The summed E-state index contributed by atoms with van der Waals surface area (Å²) in [5, 5.41) is 12.9. The van der Waals surface area contributed by atoms with Crippen molar-refractivity contribution in [3.63, 3.8) is 0 Å². The van der Waals surface area contributed by atoms with Crippen molar-refractivity contribution in [2.75, 3.05) is 0 Å². The molecule has 21 heavy (non-hydrogen) atoms. The van der Waals surface area contributed by atoms with Crippen molar-refractivity contribution >= 4 is 5.91 Å². The quantitative estimate of drug-likeness (QED) is 0.869. The Balaban J connectivity index is 1.67. The van der Waals surface area contributed by atoms with Crippen molar-refractivity contribution in [2.24, 2.45) is 0 Å². The average Bonchev–Trinajstić information content (AvgIpc) is 2.49. The van der Waals surface area contributed by atoms with Gasteiger partial charge in [0.25, 0.3) is 5.91 Å². The number of fused-ring (bicyclic) bond motifs is 1. The second-order valence-electron chi connectivity index (χ2n) is 5.78. The Labute approximate surface area is 124 Å². The fourth-order valence-electron chi connectivity index (χ4n) is 2.95. The first-order chi connectivity index (χ1) is 10.1. The monoisotopic (exact) mass is 291 g/mol. The number of hydrogen-bond acceptors (Lipinski definition) is 4. The number of nitrogens with one attached hydrogen (secondary N) is 1. The molecule has 1 saturated carbocycles. The van der Waals surface area contributed by atoms with Crippen molar-refractivity contribution in [2.45, 2.75) is 57.0 Å². The maximum absolute atomic E-state index is 12.4. The lowest BCUT2D eigenvalue weighted by Gasteiger charge is -2.34. The van der Waals surface area contributed by atoms with Gasteiger partial charge in [0.05, 0.1) is 12.1 Å². The molecule has 1 aromatic carbocycles. The molecule has 4 atom stereocenters. The fraction of sp³-hybridized carbons (Fsp3) is 0.562. The lowest BCUT2D eigenvalue weighted by atomic mass is 9.92. The molecule has 2 N–H and O–H groups in total. The highest BCUT2D eigenvalue weighted by atomic mass is 16.6. The minimum Gasteiger partial charge on any atom is -0.482 e. The molecule has 0 spiro atoms. The predicted molar refractivity (Wildman–Crippen MR) is 77.4 cm³/mol. The summed E-state index contributed by atoms with van der Waals surface area (Å²) in [6.45, 7) is 1.82. The largest absolute Gasteiger partial charge is 0.482 e. The van der Waals surface area contributed by atoms with E-state index in [-0.39, 0.29) is 18.1 Å². The average molecular weight is 291 g/mol. The van der Waals surface area contributed by atoms with E-state index in [2.05, 4.69) is 5.32 Å². The van der Waals surface area contributed by atoms with E-state index in [0.717, 1.165) is 25.7 Å². The molecule has 0 saturated heterocycles. The Morgan fingerprint density at radius 3 is 2.57 bits per heavy atom. The Morgan fingerprint density at radius 1 is 1.19 bits per heavy atom. The highest BCUT2D eigenvalue weighted by molar-refractivity contribution is 5.82. The van der Waals surface area contributed by atoms with Gasteiger partial charge in [-0.05, 0) is 31.9 Å². The predicted octanol–water partition coefficient (Wildman–Crippen LogP) is 1.63. The van der Waals surface area contributed by atoms with Crippen LogP contribution in [0.5, 0.6) is 11.5 Å². The molecule has 3 rings (SSSR count). The first-order valence-corrected chi connectivity index (χ1v) is 7.56. The highest BCUT2D eigenvalue weighted by Crippen LogP contribution is 2.33. The lowest BCUT2D eigenvalue weighted by molar-refractivity contribution is -0.135. The molecule has 1 aliphatic heterocycles. The van der Waals surface area contributed by atoms with Crippen molar-refractivity contribution in [1.82, 2.24) is 5.32 Å². The lowest BCUT2D eigenvalue weighted by Crippen LogP contribution is -2.54. The van der Waals surface area contributed by atoms with E-state index in [1.54, 1.807) is 6.07 Å². The topological polar surface area (TPSA) is 67.8 Å². The summed E-state index contributed by atoms with van der Waals surface area (Å²) in [6, 6.07) is 7.15. The molecule has 0 aromatic heterocycles. The van der Waals surface area contributed by atoms with Gasteiger partial charge in [-0.25, -0.2) is 0 Å². The third-order valence-corrected chi connectivity index (χ3v) is 4.16. The summed E-state index contributed by atoms with van der Waals surface area (Å²) in [5.41, 5.74) is 0. The number of aliphatic hydroxyl groups is 1. The van der Waals surface area contributed by atoms with Crippen LogP contribution in [0.4, 0.5) is 0 Å². The minimum atomic E-state index is -0.686. The molecule has 2 unspecified atom stereocenters. The van der Waals surface area contributed by atoms with Crippen LogP contribution >= 0.6 is 0 Å². The van der Waals surface area contributed by atoms with E-state index in [0.29, 0.717) is 11.5 Å². The number of carbonyl (C=O) groups excluding carboxylic acids is 1. The molecular formula is C16H21NO4. The third-order valence-electron chi connectivity index (χ3n) is 4.16. The van der Waals surface area contributed by atoms with Crippen LogP contribution in [0, 0.1) is 0 Å². The molecule has 1 aromatic rings. The van der Waals surface area contributed by atoms with E-state index in [1.165, 1.54) is 0 Å². The number of aliphatic hydroxyl groups excluding tert-OH is 1. The van der Waals surface area contributed by atoms with Crippen LogP contribution in [-0.2, 0) is 4.79 Å². The van der Waals surface area contributed by atoms with Crippen molar-refractivity contribution in [3.05, 3.63) is 24.3 Å². The fourth-order valence-corrected chi connectivity index (χ4v) is 2.95. The van der Waals surface area contributed by atoms with Gasteiger partial charge in [-0.15, -0.1) is 0 Å². The zero-order valence-corrected chi connectivity index (χ0v) is 12.1. The van der Waals surface area contributed by atoms with E-state index < -0.39 is 12.2 Å². The maximum Gasteiger partial charge on any atom is 0.265 e. The van der Waals surface area contributed by atoms with E-state index >= 15 is 0 Å². The normalized spacial score (nSPS) is 31.5. The van der Waals surface area contributed by atoms with Gasteiger partial charge in [0.2, 0.25) is 6.10 Å². The summed E-state index contributed by atoms with van der Waals surface area (Å²) in [5.74, 6) is 1.02. The van der Waals surface area contributed by atoms with E-state index in [1.807, 2.05) is 25.1 Å². The molecule has 114 valence electrons. The Bertz CT molecular complexity index is 519. The molecule has 1 fully saturated rings. The van der Waals surface area contributed by atoms with Gasteiger partial charge in [-0.1, -0.05) is 25.0 Å². The number of ether oxygens (including phenoxy) is 2. The van der Waals surface area contributed by atoms with Crippen LogP contribution in [0.15, 0.2) is 24.3 Å². The van der Waals surface area contributed by atoms with Crippen LogP contribution in [0.3, 0.4) is 0 Å².